The molecule has 2 aromatic heterocycles. The second-order valence-corrected chi connectivity index (χ2v) is 7.23. The molecule has 1 aromatic carbocycles. The molecule has 2 heterocycles. The third kappa shape index (κ3) is 5.20. The van der Waals surface area contributed by atoms with E-state index in [1.807, 2.05) is 0 Å². The van der Waals surface area contributed by atoms with Crippen molar-refractivity contribution in [1.82, 2.24) is 15.0 Å². The molecule has 0 saturated carbocycles. The lowest BCUT2D eigenvalue weighted by Gasteiger charge is -2.16. The summed E-state index contributed by atoms with van der Waals surface area (Å²) in [6.07, 6.45) is -2.11. The maximum atomic E-state index is 13.0. The van der Waals surface area contributed by atoms with Gasteiger partial charge in [-0.3, -0.25) is 9.19 Å². The predicted octanol–water partition coefficient (Wildman–Crippen LogP) is 4.05. The van der Waals surface area contributed by atoms with Crippen molar-refractivity contribution in [1.29, 1.82) is 0 Å². The van der Waals surface area contributed by atoms with Gasteiger partial charge in [-0.1, -0.05) is 0 Å². The summed E-state index contributed by atoms with van der Waals surface area (Å²) in [5.74, 6) is -1.26. The van der Waals surface area contributed by atoms with Gasteiger partial charge in [-0.2, -0.15) is 8.78 Å². The number of aromatic amines is 1. The van der Waals surface area contributed by atoms with Crippen LogP contribution >= 0.6 is 0 Å². The van der Waals surface area contributed by atoms with Gasteiger partial charge in [0.05, 0.1) is 52.8 Å². The highest BCUT2D eigenvalue weighted by atomic mass is 32.2. The lowest BCUT2D eigenvalue weighted by molar-refractivity contribution is -0.0497. The molecule has 0 saturated heterocycles. The number of nitrogens with one attached hydrogen (secondary N) is 1. The zero-order valence-corrected chi connectivity index (χ0v) is 16.5. The van der Waals surface area contributed by atoms with Crippen molar-refractivity contribution in [2.24, 2.45) is 0 Å². The van der Waals surface area contributed by atoms with Crippen LogP contribution in [0.5, 0.6) is 17.2 Å². The largest absolute Gasteiger partial charge is 0.488 e. The summed E-state index contributed by atoms with van der Waals surface area (Å²) in [5, 5.41) is -0.0405. The fourth-order valence-corrected chi connectivity index (χ4v) is 3.41. The lowest BCUT2D eigenvalue weighted by atomic mass is 10.3. The van der Waals surface area contributed by atoms with Gasteiger partial charge in [0.1, 0.15) is 5.75 Å². The van der Waals surface area contributed by atoms with Crippen molar-refractivity contribution >= 4 is 21.8 Å². The van der Waals surface area contributed by atoms with Crippen LogP contribution in [0.4, 0.5) is 8.78 Å². The van der Waals surface area contributed by atoms with Crippen LogP contribution in [0.25, 0.3) is 11.0 Å². The molecule has 3 aromatic rings. The number of fused-ring (bicyclic) bond motifs is 1. The van der Waals surface area contributed by atoms with Crippen LogP contribution in [0, 0.1) is 0 Å². The maximum absolute atomic E-state index is 13.0. The molecule has 0 aliphatic carbocycles. The monoisotopic (exact) mass is 430 g/mol. The first kappa shape index (κ1) is 15.1. The van der Waals surface area contributed by atoms with E-state index in [4.69, 9.17) is 16.3 Å². The smallest absolute Gasteiger partial charge is 0.387 e. The van der Waals surface area contributed by atoms with Gasteiger partial charge in [-0.05, 0) is 32.9 Å². The fraction of sp³-hybridized carbons (Fsp3) is 0.368. The molecule has 3 rings (SSSR count). The SMILES string of the molecule is [2H]c1nc(CS(=O)c2nc3ccc(OC(F)F)cc3[nH]2)c(OC([2H])([2H])C)c(OC([2H])(C)C)c1[2H]. The Kier molecular flexibility index (Phi) is 4.78. The number of hydrogen-bond donors (Lipinski definition) is 1. The molecular formula is C19H21F2N3O4S. The van der Waals surface area contributed by atoms with Gasteiger partial charge in [0, 0.05) is 18.3 Å². The maximum Gasteiger partial charge on any atom is 0.387 e. The number of imidazole rings is 1. The standard InChI is InChI=1S/C19H21F2N3O4S/c1-4-26-17-15(22-8-7-16(17)27-11(2)3)10-29(25)19-23-13-6-5-12(28-18(20)21)9-14(13)24-19/h5-9,11,18H,4,10H2,1-3H3,(H,23,24)/i4D2,7D,8D,11D. The Morgan fingerprint density at radius 3 is 2.86 bits per heavy atom. The lowest BCUT2D eigenvalue weighted by Crippen LogP contribution is -2.10. The zero-order valence-electron chi connectivity index (χ0n) is 20.7. The highest BCUT2D eigenvalue weighted by Gasteiger charge is 2.19. The van der Waals surface area contributed by atoms with Crippen LogP contribution < -0.4 is 14.2 Å². The first-order valence-corrected chi connectivity index (χ1v) is 9.66. The average Bonchev–Trinajstić information content (AvgIpc) is 3.10. The number of benzene rings is 1. The molecule has 156 valence electrons. The predicted molar refractivity (Wildman–Crippen MR) is 104 cm³/mol. The van der Waals surface area contributed by atoms with E-state index < -0.39 is 48.0 Å². The van der Waals surface area contributed by atoms with Crippen molar-refractivity contribution in [3.63, 3.8) is 0 Å². The van der Waals surface area contributed by atoms with Gasteiger partial charge < -0.3 is 19.2 Å². The van der Waals surface area contributed by atoms with E-state index in [2.05, 4.69) is 19.7 Å². The van der Waals surface area contributed by atoms with Crippen LogP contribution in [-0.2, 0) is 16.6 Å². The average molecular weight is 430 g/mol. The van der Waals surface area contributed by atoms with Crippen molar-refractivity contribution in [3.8, 4) is 17.2 Å². The van der Waals surface area contributed by atoms with Gasteiger partial charge in [0.15, 0.2) is 16.7 Å². The number of pyridine rings is 1. The third-order valence-corrected chi connectivity index (χ3v) is 4.64. The van der Waals surface area contributed by atoms with E-state index >= 15 is 0 Å². The number of alkyl halides is 2. The van der Waals surface area contributed by atoms with Crippen molar-refractivity contribution in [2.45, 2.75) is 44.4 Å². The van der Waals surface area contributed by atoms with E-state index in [0.717, 1.165) is 6.92 Å². The van der Waals surface area contributed by atoms with E-state index in [0.29, 0.717) is 11.0 Å². The first-order chi connectivity index (χ1) is 15.6. The Morgan fingerprint density at radius 1 is 1.38 bits per heavy atom. The molecule has 0 spiro atoms. The molecule has 0 aliphatic heterocycles. The number of halogens is 2. The second kappa shape index (κ2) is 9.17. The van der Waals surface area contributed by atoms with Gasteiger partial charge in [0.2, 0.25) is 0 Å². The molecule has 1 unspecified atom stereocenters. The number of rotatable bonds is 9. The van der Waals surface area contributed by atoms with Gasteiger partial charge in [-0.25, -0.2) is 4.98 Å². The minimum Gasteiger partial charge on any atom is -0.488 e. The quantitative estimate of drug-likeness (QED) is 0.551. The number of aromatic nitrogens is 3. The molecule has 0 amide bonds. The second-order valence-electron chi connectivity index (χ2n) is 5.86. The Balaban J connectivity index is 2.01. The number of nitrogens with zero attached hydrogens (tertiary/aromatic N) is 2. The van der Waals surface area contributed by atoms with Crippen molar-refractivity contribution in [3.05, 3.63) is 36.1 Å². The fourth-order valence-electron chi connectivity index (χ4n) is 2.41. The molecule has 0 bridgehead atoms. The van der Waals surface area contributed by atoms with Crippen LogP contribution in [0.15, 0.2) is 35.6 Å². The van der Waals surface area contributed by atoms with E-state index in [9.17, 15) is 13.0 Å². The van der Waals surface area contributed by atoms with Gasteiger partial charge in [0.25, 0.3) is 0 Å². The molecule has 1 N–H and O–H groups in total. The number of H-pyrrole nitrogens is 1. The molecule has 0 radical (unpaired) electrons. The summed E-state index contributed by atoms with van der Waals surface area (Å²) in [6, 6.07) is 3.43. The number of ether oxygens (including phenoxy) is 3. The summed E-state index contributed by atoms with van der Waals surface area (Å²) >= 11 is 0. The third-order valence-electron chi connectivity index (χ3n) is 3.48. The van der Waals surface area contributed by atoms with Gasteiger partial charge >= 0.3 is 6.61 Å². The van der Waals surface area contributed by atoms with Gasteiger partial charge in [-0.15, -0.1) is 0 Å². The van der Waals surface area contributed by atoms with Crippen molar-refractivity contribution < 1.29 is 34.1 Å². The van der Waals surface area contributed by atoms with Crippen LogP contribution in [0.2, 0.25) is 0 Å². The first-order valence-electron chi connectivity index (χ1n) is 10.8. The molecule has 10 heteroatoms. The van der Waals surface area contributed by atoms with Crippen LogP contribution in [-0.4, -0.2) is 38.4 Å². The Bertz CT molecular complexity index is 1230. The topological polar surface area (TPSA) is 86.3 Å². The normalized spacial score (nSPS) is 15.9. The summed E-state index contributed by atoms with van der Waals surface area (Å²) in [5.41, 5.74) is 0.479. The minimum absolute atomic E-state index is 0.0405. The zero-order chi connectivity index (χ0) is 25.4. The van der Waals surface area contributed by atoms with E-state index in [1.54, 1.807) is 0 Å². The molecule has 0 aliphatic rings. The molecule has 7 nitrogen and oxygen atoms in total. The molecule has 0 fully saturated rings. The molecular weight excluding hydrogens is 404 g/mol. The highest BCUT2D eigenvalue weighted by Crippen LogP contribution is 2.32. The Morgan fingerprint density at radius 2 is 2.17 bits per heavy atom. The summed E-state index contributed by atoms with van der Waals surface area (Å²) in [4.78, 5) is 10.8. The Hall–Kier alpha value is -2.75. The Labute approximate surface area is 175 Å². The molecule has 29 heavy (non-hydrogen) atoms. The van der Waals surface area contributed by atoms with E-state index in [-0.39, 0.29) is 28.1 Å². The van der Waals surface area contributed by atoms with Crippen LogP contribution in [0.1, 0.15) is 33.3 Å². The highest BCUT2D eigenvalue weighted by molar-refractivity contribution is 7.84. The molecule has 1 atom stereocenters. The number of hydrogen-bond acceptors (Lipinski definition) is 6. The summed E-state index contributed by atoms with van der Waals surface area (Å²) < 4.78 is 92.6. The summed E-state index contributed by atoms with van der Waals surface area (Å²) in [6.45, 7) is -1.42. The minimum atomic E-state index is -3.01. The van der Waals surface area contributed by atoms with E-state index in [1.165, 1.54) is 32.0 Å². The van der Waals surface area contributed by atoms with Crippen molar-refractivity contribution in [2.75, 3.05) is 6.56 Å². The van der Waals surface area contributed by atoms with Crippen LogP contribution in [0.3, 0.4) is 0 Å². The summed E-state index contributed by atoms with van der Waals surface area (Å²) in [7, 11) is -1.94.